The van der Waals surface area contributed by atoms with E-state index in [4.69, 9.17) is 0 Å². The van der Waals surface area contributed by atoms with Crippen LogP contribution in [-0.2, 0) is 4.79 Å². The van der Waals surface area contributed by atoms with Crippen molar-refractivity contribution in [1.82, 2.24) is 0 Å². The van der Waals surface area contributed by atoms with Gasteiger partial charge in [0.25, 0.3) is 0 Å². The number of benzene rings is 1. The quantitative estimate of drug-likeness (QED) is 0.474. The van der Waals surface area contributed by atoms with E-state index in [2.05, 4.69) is 5.11 Å². The predicted molar refractivity (Wildman–Crippen MR) is 66.3 cm³/mol. The van der Waals surface area contributed by atoms with E-state index >= 15 is 0 Å². The minimum absolute atomic E-state index is 0.00784. The van der Waals surface area contributed by atoms with Gasteiger partial charge < -0.3 is 5.21 Å². The van der Waals surface area contributed by atoms with E-state index in [1.807, 2.05) is 0 Å². The minimum Gasteiger partial charge on any atom is -0.600 e. The summed E-state index contributed by atoms with van der Waals surface area (Å²) in [5.74, 6) is -2.32. The van der Waals surface area contributed by atoms with Gasteiger partial charge in [0.05, 0.1) is 0 Å². The van der Waals surface area contributed by atoms with E-state index in [1.165, 1.54) is 38.1 Å². The maximum absolute atomic E-state index is 13.0. The van der Waals surface area contributed by atoms with Crippen LogP contribution in [0.4, 0.5) is 13.2 Å². The van der Waals surface area contributed by atoms with Gasteiger partial charge in [-0.1, -0.05) is 35.2 Å². The van der Waals surface area contributed by atoms with E-state index in [1.54, 1.807) is 6.07 Å². The average Bonchev–Trinajstić information content (AvgIpc) is 2.35. The van der Waals surface area contributed by atoms with E-state index in [9.17, 15) is 23.2 Å². The summed E-state index contributed by atoms with van der Waals surface area (Å²) >= 11 is 0. The van der Waals surface area contributed by atoms with Gasteiger partial charge in [0.15, 0.2) is 18.4 Å². The molecule has 2 atom stereocenters. The first-order valence-electron chi connectivity index (χ1n) is 5.99. The van der Waals surface area contributed by atoms with E-state index in [-0.39, 0.29) is 16.2 Å². The molecule has 1 aromatic carbocycles. The lowest BCUT2D eigenvalue weighted by Gasteiger charge is -2.18. The SMILES string of the molecule is CC(=O)[C@H](C)N=[N+]([O-])CC(c1ccccc1)C(F)(F)F. The molecule has 7 heteroatoms. The largest absolute Gasteiger partial charge is 0.600 e. The van der Waals surface area contributed by atoms with E-state index in [0.29, 0.717) is 0 Å². The first-order valence-corrected chi connectivity index (χ1v) is 5.99. The summed E-state index contributed by atoms with van der Waals surface area (Å²) in [4.78, 5) is 10.9. The van der Waals surface area contributed by atoms with Gasteiger partial charge in [-0.25, -0.2) is 0 Å². The zero-order valence-corrected chi connectivity index (χ0v) is 11.1. The second-order valence-electron chi connectivity index (χ2n) is 4.44. The van der Waals surface area contributed by atoms with Crippen molar-refractivity contribution in [2.75, 3.05) is 6.54 Å². The number of halogens is 3. The summed E-state index contributed by atoms with van der Waals surface area (Å²) in [6.45, 7) is 1.71. The van der Waals surface area contributed by atoms with Crippen molar-refractivity contribution in [3.8, 4) is 0 Å². The lowest BCUT2D eigenvalue weighted by atomic mass is 9.99. The highest BCUT2D eigenvalue weighted by Gasteiger charge is 2.43. The van der Waals surface area contributed by atoms with Crippen LogP contribution in [0.25, 0.3) is 0 Å². The Hall–Kier alpha value is -1.92. The monoisotopic (exact) mass is 288 g/mol. The second kappa shape index (κ2) is 6.49. The molecule has 1 rings (SSSR count). The van der Waals surface area contributed by atoms with Gasteiger partial charge in [-0.3, -0.25) is 4.79 Å². The zero-order valence-electron chi connectivity index (χ0n) is 11.1. The Morgan fingerprint density at radius 2 is 1.90 bits per heavy atom. The Balaban J connectivity index is 2.96. The Labute approximate surface area is 114 Å². The topological polar surface area (TPSA) is 55.5 Å². The number of carbonyl (C=O) groups is 1. The lowest BCUT2D eigenvalue weighted by Crippen LogP contribution is -2.29. The van der Waals surface area contributed by atoms with Crippen LogP contribution in [0.2, 0.25) is 0 Å². The molecule has 0 aliphatic carbocycles. The number of hydroxylamine groups is 1. The number of alkyl halides is 3. The van der Waals surface area contributed by atoms with Crippen molar-refractivity contribution in [2.24, 2.45) is 5.11 Å². The molecular weight excluding hydrogens is 273 g/mol. The van der Waals surface area contributed by atoms with Gasteiger partial charge in [-0.2, -0.15) is 13.2 Å². The third kappa shape index (κ3) is 4.64. The number of rotatable bonds is 5. The molecule has 0 spiro atoms. The fourth-order valence-electron chi connectivity index (χ4n) is 1.56. The molecule has 0 aliphatic rings. The van der Waals surface area contributed by atoms with Crippen LogP contribution in [-0.4, -0.2) is 29.4 Å². The molecule has 0 aliphatic heterocycles. The molecule has 0 amide bonds. The molecule has 1 aromatic rings. The molecule has 0 aromatic heterocycles. The van der Waals surface area contributed by atoms with Gasteiger partial charge in [0.2, 0.25) is 0 Å². The molecule has 110 valence electrons. The summed E-state index contributed by atoms with van der Waals surface area (Å²) in [5.41, 5.74) is -0.00784. The highest BCUT2D eigenvalue weighted by atomic mass is 19.4. The number of ketones is 1. The van der Waals surface area contributed by atoms with Gasteiger partial charge in [-0.05, 0) is 24.5 Å². The standard InChI is InChI=1S/C13H15F3N2O2/c1-9(10(2)19)17-18(20)8-12(13(14,15)16)11-6-4-3-5-7-11/h3-7,9,12H,8H2,1-2H3/t9-,12?/m0/s1. The lowest BCUT2D eigenvalue weighted by molar-refractivity contribution is -0.540. The normalized spacial score (nSPS) is 15.8. The van der Waals surface area contributed by atoms with Gasteiger partial charge >= 0.3 is 6.18 Å². The number of hydrogen-bond donors (Lipinski definition) is 0. The Bertz CT molecular complexity index is 486. The highest BCUT2D eigenvalue weighted by Crippen LogP contribution is 2.34. The molecule has 0 bridgehead atoms. The minimum atomic E-state index is -4.56. The molecule has 20 heavy (non-hydrogen) atoms. The fraction of sp³-hybridized carbons (Fsp3) is 0.462. The van der Waals surface area contributed by atoms with Crippen LogP contribution in [0, 0.1) is 5.21 Å². The van der Waals surface area contributed by atoms with Crippen LogP contribution < -0.4 is 0 Å². The highest BCUT2D eigenvalue weighted by molar-refractivity contribution is 5.80. The van der Waals surface area contributed by atoms with Gasteiger partial charge in [-0.15, -0.1) is 0 Å². The van der Waals surface area contributed by atoms with Crippen LogP contribution in [0.3, 0.4) is 0 Å². The molecule has 0 saturated carbocycles. The first kappa shape index (κ1) is 16.1. The molecule has 4 nitrogen and oxygen atoms in total. The molecule has 0 fully saturated rings. The number of azo groups is 1. The van der Waals surface area contributed by atoms with Crippen LogP contribution in [0.5, 0.6) is 0 Å². The smallest absolute Gasteiger partial charge is 0.401 e. The van der Waals surface area contributed by atoms with E-state index in [0.717, 1.165) is 0 Å². The van der Waals surface area contributed by atoms with Crippen molar-refractivity contribution in [3.05, 3.63) is 41.1 Å². The van der Waals surface area contributed by atoms with Crippen LogP contribution in [0.1, 0.15) is 25.3 Å². The predicted octanol–water partition coefficient (Wildman–Crippen LogP) is 3.27. The summed E-state index contributed by atoms with van der Waals surface area (Å²) in [7, 11) is 0. The Morgan fingerprint density at radius 1 is 1.35 bits per heavy atom. The molecular formula is C13H15F3N2O2. The van der Waals surface area contributed by atoms with Crippen molar-refractivity contribution < 1.29 is 22.8 Å². The number of hydrogen-bond acceptors (Lipinski definition) is 3. The van der Waals surface area contributed by atoms with Gasteiger partial charge in [0.1, 0.15) is 5.92 Å². The summed E-state index contributed by atoms with van der Waals surface area (Å²) in [5, 5.41) is 14.9. The number of nitrogens with zero attached hydrogens (tertiary/aromatic N) is 2. The van der Waals surface area contributed by atoms with Crippen molar-refractivity contribution in [1.29, 1.82) is 0 Å². The Kier molecular flexibility index (Phi) is 5.24. The Morgan fingerprint density at radius 3 is 2.35 bits per heavy atom. The third-order valence-electron chi connectivity index (χ3n) is 2.83. The van der Waals surface area contributed by atoms with Gasteiger partial charge in [0, 0.05) is 0 Å². The maximum Gasteiger partial charge on any atom is 0.401 e. The summed E-state index contributed by atoms with van der Waals surface area (Å²) < 4.78 is 39.0. The van der Waals surface area contributed by atoms with Crippen molar-refractivity contribution in [2.45, 2.75) is 32.0 Å². The van der Waals surface area contributed by atoms with Crippen LogP contribution in [0.15, 0.2) is 35.4 Å². The second-order valence-corrected chi connectivity index (χ2v) is 4.44. The fourth-order valence-corrected chi connectivity index (χ4v) is 1.56. The third-order valence-corrected chi connectivity index (χ3v) is 2.83. The number of carbonyl (C=O) groups excluding carboxylic acids is 1. The zero-order chi connectivity index (χ0) is 15.3. The average molecular weight is 288 g/mol. The molecule has 0 saturated heterocycles. The van der Waals surface area contributed by atoms with Crippen molar-refractivity contribution in [3.63, 3.8) is 0 Å². The molecule has 0 heterocycles. The first-order chi connectivity index (χ1) is 9.21. The van der Waals surface area contributed by atoms with Crippen molar-refractivity contribution >= 4 is 5.78 Å². The molecule has 0 radical (unpaired) electrons. The molecule has 1 unspecified atom stereocenters. The number of Topliss-reactive ketones (excluding diaryl/α,β-unsaturated/α-hetero) is 1. The molecule has 0 N–H and O–H groups in total. The summed E-state index contributed by atoms with van der Waals surface area (Å²) in [6.07, 6.45) is -4.56. The van der Waals surface area contributed by atoms with E-state index < -0.39 is 24.7 Å². The van der Waals surface area contributed by atoms with Crippen LogP contribution >= 0.6 is 0 Å². The maximum atomic E-state index is 13.0. The summed E-state index contributed by atoms with van der Waals surface area (Å²) in [6, 6.07) is 6.20.